The van der Waals surface area contributed by atoms with Gasteiger partial charge in [-0.1, -0.05) is 11.6 Å². The number of nitrogens with zero attached hydrogens (tertiary/aromatic N) is 1. The SMILES string of the molecule is O=C(O)c1cc(Oc2ccc([N+](=O)[O-])cc2)ccc1Cl. The van der Waals surface area contributed by atoms with Crippen LogP contribution in [-0.4, -0.2) is 16.0 Å². The van der Waals surface area contributed by atoms with E-state index < -0.39 is 10.9 Å². The van der Waals surface area contributed by atoms with Gasteiger partial charge in [-0.25, -0.2) is 4.79 Å². The highest BCUT2D eigenvalue weighted by atomic mass is 35.5. The number of nitro groups is 1. The molecule has 0 spiro atoms. The molecule has 0 aliphatic rings. The summed E-state index contributed by atoms with van der Waals surface area (Å²) in [6.45, 7) is 0. The maximum atomic E-state index is 10.9. The minimum Gasteiger partial charge on any atom is -0.478 e. The summed E-state index contributed by atoms with van der Waals surface area (Å²) < 4.78 is 5.41. The average molecular weight is 294 g/mol. The molecule has 0 heterocycles. The number of halogens is 1. The Kier molecular flexibility index (Phi) is 3.86. The Balaban J connectivity index is 2.23. The van der Waals surface area contributed by atoms with Crippen LogP contribution in [0, 0.1) is 10.1 Å². The number of rotatable bonds is 4. The van der Waals surface area contributed by atoms with Gasteiger partial charge in [0.05, 0.1) is 15.5 Å². The molecule has 2 rings (SSSR count). The molecule has 0 saturated carbocycles. The number of nitro benzene ring substituents is 1. The fourth-order valence-corrected chi connectivity index (χ4v) is 1.70. The minimum absolute atomic E-state index is 0.0559. The Morgan fingerprint density at radius 2 is 1.75 bits per heavy atom. The Labute approximate surface area is 118 Å². The average Bonchev–Trinajstić information content (AvgIpc) is 2.41. The number of hydrogen-bond donors (Lipinski definition) is 1. The van der Waals surface area contributed by atoms with Crippen molar-refractivity contribution < 1.29 is 19.6 Å². The van der Waals surface area contributed by atoms with Gasteiger partial charge in [-0.15, -0.1) is 0 Å². The second-order valence-corrected chi connectivity index (χ2v) is 4.21. The summed E-state index contributed by atoms with van der Waals surface area (Å²) in [4.78, 5) is 20.9. The summed E-state index contributed by atoms with van der Waals surface area (Å²) in [6.07, 6.45) is 0. The van der Waals surface area contributed by atoms with Crippen molar-refractivity contribution in [2.24, 2.45) is 0 Å². The third-order valence-electron chi connectivity index (χ3n) is 2.45. The highest BCUT2D eigenvalue weighted by Gasteiger charge is 2.11. The van der Waals surface area contributed by atoms with E-state index in [9.17, 15) is 14.9 Å². The lowest BCUT2D eigenvalue weighted by molar-refractivity contribution is -0.384. The molecule has 0 aromatic heterocycles. The first-order chi connectivity index (χ1) is 9.47. The van der Waals surface area contributed by atoms with E-state index in [4.69, 9.17) is 21.4 Å². The number of hydrogen-bond acceptors (Lipinski definition) is 4. The first-order valence-electron chi connectivity index (χ1n) is 5.42. The smallest absolute Gasteiger partial charge is 0.337 e. The van der Waals surface area contributed by atoms with E-state index in [1.165, 1.54) is 42.5 Å². The van der Waals surface area contributed by atoms with Gasteiger partial charge in [0.15, 0.2) is 0 Å². The standard InChI is InChI=1S/C13H8ClNO5/c14-12-6-5-10(7-11(12)13(16)17)20-9-3-1-8(2-4-9)15(18)19/h1-7H,(H,16,17). The molecule has 2 aromatic carbocycles. The summed E-state index contributed by atoms with van der Waals surface area (Å²) in [6, 6.07) is 9.64. The predicted molar refractivity (Wildman–Crippen MR) is 71.6 cm³/mol. The van der Waals surface area contributed by atoms with Crippen LogP contribution in [0.25, 0.3) is 0 Å². The molecular weight excluding hydrogens is 286 g/mol. The van der Waals surface area contributed by atoms with Crippen LogP contribution < -0.4 is 4.74 Å². The second kappa shape index (κ2) is 5.58. The van der Waals surface area contributed by atoms with E-state index >= 15 is 0 Å². The lowest BCUT2D eigenvalue weighted by atomic mass is 10.2. The zero-order valence-corrected chi connectivity index (χ0v) is 10.7. The number of aromatic carboxylic acids is 1. The normalized spacial score (nSPS) is 10.1. The quantitative estimate of drug-likeness (QED) is 0.685. The highest BCUT2D eigenvalue weighted by Crippen LogP contribution is 2.27. The van der Waals surface area contributed by atoms with E-state index in [0.29, 0.717) is 5.75 Å². The van der Waals surface area contributed by atoms with E-state index in [1.54, 1.807) is 0 Å². The molecule has 1 N–H and O–H groups in total. The molecule has 0 radical (unpaired) electrons. The van der Waals surface area contributed by atoms with Crippen molar-refractivity contribution in [1.29, 1.82) is 0 Å². The first-order valence-corrected chi connectivity index (χ1v) is 5.80. The maximum Gasteiger partial charge on any atom is 0.337 e. The Bertz CT molecular complexity index is 669. The number of carbonyl (C=O) groups is 1. The number of carboxylic acids is 1. The van der Waals surface area contributed by atoms with E-state index in [1.807, 2.05) is 0 Å². The third kappa shape index (κ3) is 3.04. The lowest BCUT2D eigenvalue weighted by Crippen LogP contribution is -1.98. The Morgan fingerprint density at radius 1 is 1.15 bits per heavy atom. The molecule has 0 amide bonds. The van der Waals surface area contributed by atoms with E-state index in [-0.39, 0.29) is 22.0 Å². The number of carboxylic acid groups (broad SMARTS) is 1. The molecule has 0 unspecified atom stereocenters. The van der Waals surface area contributed by atoms with Crippen LogP contribution in [0.2, 0.25) is 5.02 Å². The molecule has 102 valence electrons. The largest absolute Gasteiger partial charge is 0.478 e. The van der Waals surface area contributed by atoms with Crippen molar-refractivity contribution in [2.45, 2.75) is 0 Å². The minimum atomic E-state index is -1.16. The van der Waals surface area contributed by atoms with Crippen LogP contribution in [0.15, 0.2) is 42.5 Å². The highest BCUT2D eigenvalue weighted by molar-refractivity contribution is 6.33. The molecule has 2 aromatic rings. The summed E-state index contributed by atoms with van der Waals surface area (Å²) in [5, 5.41) is 19.6. The zero-order chi connectivity index (χ0) is 14.7. The molecule has 6 nitrogen and oxygen atoms in total. The van der Waals surface area contributed by atoms with Gasteiger partial charge in [0.1, 0.15) is 11.5 Å². The monoisotopic (exact) mass is 293 g/mol. The van der Waals surface area contributed by atoms with Crippen molar-refractivity contribution >= 4 is 23.3 Å². The number of benzene rings is 2. The summed E-state index contributed by atoms with van der Waals surface area (Å²) in [7, 11) is 0. The molecule has 20 heavy (non-hydrogen) atoms. The van der Waals surface area contributed by atoms with Crippen molar-refractivity contribution in [1.82, 2.24) is 0 Å². The molecule has 0 atom stereocenters. The molecule has 0 fully saturated rings. The van der Waals surface area contributed by atoms with Crippen LogP contribution in [-0.2, 0) is 0 Å². The van der Waals surface area contributed by atoms with Gasteiger partial charge in [-0.05, 0) is 30.3 Å². The summed E-state index contributed by atoms with van der Waals surface area (Å²) in [5.41, 5.74) is -0.134. The number of ether oxygens (including phenoxy) is 1. The van der Waals surface area contributed by atoms with Crippen LogP contribution in [0.4, 0.5) is 5.69 Å². The summed E-state index contributed by atoms with van der Waals surface area (Å²) in [5.74, 6) is -0.529. The van der Waals surface area contributed by atoms with E-state index in [2.05, 4.69) is 0 Å². The van der Waals surface area contributed by atoms with Gasteiger partial charge in [-0.2, -0.15) is 0 Å². The van der Waals surface area contributed by atoms with E-state index in [0.717, 1.165) is 0 Å². The fraction of sp³-hybridized carbons (Fsp3) is 0. The predicted octanol–water partition coefficient (Wildman–Crippen LogP) is 3.74. The Morgan fingerprint density at radius 3 is 2.30 bits per heavy atom. The molecule has 7 heteroatoms. The molecule has 0 aliphatic carbocycles. The van der Waals surface area contributed by atoms with Gasteiger partial charge in [0.2, 0.25) is 0 Å². The fourth-order valence-electron chi connectivity index (χ4n) is 1.50. The topological polar surface area (TPSA) is 89.7 Å². The number of non-ortho nitro benzene ring substituents is 1. The van der Waals surface area contributed by atoms with Crippen LogP contribution in [0.5, 0.6) is 11.5 Å². The third-order valence-corrected chi connectivity index (χ3v) is 2.78. The van der Waals surface area contributed by atoms with Gasteiger partial charge >= 0.3 is 5.97 Å². The van der Waals surface area contributed by atoms with Gasteiger partial charge < -0.3 is 9.84 Å². The molecule has 0 saturated heterocycles. The molecule has 0 aliphatic heterocycles. The zero-order valence-electron chi connectivity index (χ0n) is 9.95. The van der Waals surface area contributed by atoms with Crippen LogP contribution in [0.3, 0.4) is 0 Å². The second-order valence-electron chi connectivity index (χ2n) is 3.80. The van der Waals surface area contributed by atoms with Crippen LogP contribution in [0.1, 0.15) is 10.4 Å². The van der Waals surface area contributed by atoms with Gasteiger partial charge in [0, 0.05) is 12.1 Å². The lowest BCUT2D eigenvalue weighted by Gasteiger charge is -2.07. The van der Waals surface area contributed by atoms with Crippen LogP contribution >= 0.6 is 11.6 Å². The van der Waals surface area contributed by atoms with Crippen molar-refractivity contribution in [3.8, 4) is 11.5 Å². The molecule has 0 bridgehead atoms. The van der Waals surface area contributed by atoms with Crippen molar-refractivity contribution in [3.05, 3.63) is 63.2 Å². The first kappa shape index (κ1) is 13.8. The van der Waals surface area contributed by atoms with Gasteiger partial charge in [0.25, 0.3) is 5.69 Å². The Hall–Kier alpha value is -2.60. The summed E-state index contributed by atoms with van der Waals surface area (Å²) >= 11 is 5.74. The maximum absolute atomic E-state index is 10.9. The van der Waals surface area contributed by atoms with Crippen molar-refractivity contribution in [3.63, 3.8) is 0 Å². The molecular formula is C13H8ClNO5. The van der Waals surface area contributed by atoms with Crippen molar-refractivity contribution in [2.75, 3.05) is 0 Å². The van der Waals surface area contributed by atoms with Gasteiger partial charge in [-0.3, -0.25) is 10.1 Å².